The van der Waals surface area contributed by atoms with Crippen molar-refractivity contribution in [2.75, 3.05) is 0 Å². The first kappa shape index (κ1) is 23.3. The summed E-state index contributed by atoms with van der Waals surface area (Å²) < 4.78 is 8.11. The topological polar surface area (TPSA) is 9.23 Å². The maximum atomic E-state index is 7.37. The minimum absolute atomic E-state index is 0. The zero-order chi connectivity index (χ0) is 18.2. The third-order valence-corrected chi connectivity index (χ3v) is 26.0. The average molecular weight is 487 g/mol. The van der Waals surface area contributed by atoms with E-state index in [0.717, 1.165) is 0 Å². The predicted octanol–water partition coefficient (Wildman–Crippen LogP) is 0.794. The number of allylic oxidation sites excluding steroid dienone is 8. The molecule has 5 rings (SSSR count). The van der Waals surface area contributed by atoms with Gasteiger partial charge in [-0.15, -0.1) is 0 Å². The van der Waals surface area contributed by atoms with E-state index >= 15 is 0 Å². The Labute approximate surface area is 194 Å². The van der Waals surface area contributed by atoms with Crippen LogP contribution in [0.4, 0.5) is 0 Å². The van der Waals surface area contributed by atoms with Crippen LogP contribution in [0.25, 0.3) is 0 Å². The smallest absolute Gasteiger partial charge is 1.00 e. The second-order valence-electron chi connectivity index (χ2n) is 9.95. The Morgan fingerprint density at radius 3 is 1.54 bits per heavy atom. The van der Waals surface area contributed by atoms with E-state index in [4.69, 9.17) is 4.12 Å². The van der Waals surface area contributed by atoms with Gasteiger partial charge in [-0.2, -0.15) is 0 Å². The largest absolute Gasteiger partial charge is 1.00 e. The van der Waals surface area contributed by atoms with Gasteiger partial charge in [-0.25, -0.2) is 0 Å². The molecule has 0 aromatic heterocycles. The van der Waals surface area contributed by atoms with Crippen LogP contribution in [0.2, 0.25) is 32.9 Å². The third-order valence-electron chi connectivity index (χ3n) is 7.85. The van der Waals surface area contributed by atoms with Crippen LogP contribution in [-0.2, 0) is 23.3 Å². The number of halogens is 2. The molecule has 0 amide bonds. The van der Waals surface area contributed by atoms with Gasteiger partial charge in [-0.1, -0.05) is 0 Å². The maximum Gasteiger partial charge on any atom is -1.00 e. The van der Waals surface area contributed by atoms with Crippen molar-refractivity contribution in [3.8, 4) is 0 Å². The van der Waals surface area contributed by atoms with E-state index in [2.05, 4.69) is 50.5 Å². The molecule has 2 spiro atoms. The summed E-state index contributed by atoms with van der Waals surface area (Å²) in [5, 5.41) is 0. The van der Waals surface area contributed by atoms with Gasteiger partial charge in [-0.3, -0.25) is 0 Å². The first-order chi connectivity index (χ1) is 12.3. The first-order valence-electron chi connectivity index (χ1n) is 10.6. The Morgan fingerprint density at radius 1 is 0.714 bits per heavy atom. The molecule has 1 saturated heterocycles. The molecule has 28 heavy (non-hydrogen) atoms. The second-order valence-corrected chi connectivity index (χ2v) is 22.8. The zero-order valence-corrected chi connectivity index (χ0v) is 22.7. The molecule has 0 aromatic carbocycles. The van der Waals surface area contributed by atoms with Crippen molar-refractivity contribution < 1.29 is 48.1 Å². The minimum Gasteiger partial charge on any atom is -1.00 e. The summed E-state index contributed by atoms with van der Waals surface area (Å²) in [6.07, 6.45) is 21.4. The summed E-state index contributed by atoms with van der Waals surface area (Å²) in [6.45, 7) is 10.2. The van der Waals surface area contributed by atoms with Gasteiger partial charge in [0.1, 0.15) is 0 Å². The molecule has 0 saturated carbocycles. The van der Waals surface area contributed by atoms with Gasteiger partial charge in [-0.05, 0) is 0 Å². The van der Waals surface area contributed by atoms with Crippen molar-refractivity contribution in [2.24, 2.45) is 0 Å². The fraction of sp³-hybridized carbons (Fsp3) is 0.636. The fourth-order valence-corrected chi connectivity index (χ4v) is 25.8. The van der Waals surface area contributed by atoms with E-state index in [9.17, 15) is 0 Å². The van der Waals surface area contributed by atoms with Crippen LogP contribution in [0.5, 0.6) is 0 Å². The van der Waals surface area contributed by atoms with E-state index in [1.54, 1.807) is 11.1 Å². The molecule has 1 nitrogen and oxygen atoms in total. The Bertz CT molecular complexity index is 734. The van der Waals surface area contributed by atoms with E-state index in [1.165, 1.54) is 51.4 Å². The van der Waals surface area contributed by atoms with Crippen LogP contribution >= 0.6 is 0 Å². The van der Waals surface area contributed by atoms with Gasteiger partial charge in [0.2, 0.25) is 0 Å². The van der Waals surface area contributed by atoms with E-state index in [1.807, 2.05) is 11.1 Å². The van der Waals surface area contributed by atoms with Crippen LogP contribution < -0.4 is 24.8 Å². The van der Waals surface area contributed by atoms with Crippen molar-refractivity contribution in [3.05, 3.63) is 46.6 Å². The molecule has 2 atom stereocenters. The Balaban J connectivity index is 0.00000112. The van der Waals surface area contributed by atoms with Gasteiger partial charge in [0, 0.05) is 0 Å². The van der Waals surface area contributed by atoms with Gasteiger partial charge >= 0.3 is 171 Å². The van der Waals surface area contributed by atoms with E-state index in [-0.39, 0.29) is 44.0 Å². The van der Waals surface area contributed by atoms with Gasteiger partial charge in [0.15, 0.2) is 0 Å². The SMILES string of the molecule is C[Si]1(C)O[Si](C)(C)[C]2(C=CC3=C2CCCC3)[Ti+2][C]12C=CC1=C2CCCC1.[Cl-].[Cl-]. The van der Waals surface area contributed by atoms with Crippen molar-refractivity contribution in [1.82, 2.24) is 0 Å². The van der Waals surface area contributed by atoms with Gasteiger partial charge in [0.05, 0.1) is 0 Å². The number of fused-ring (bicyclic) bond motifs is 2. The van der Waals surface area contributed by atoms with Crippen LogP contribution in [0, 0.1) is 0 Å². The summed E-state index contributed by atoms with van der Waals surface area (Å²) in [6, 6.07) is 0. The van der Waals surface area contributed by atoms with Crippen LogP contribution in [0.1, 0.15) is 51.4 Å². The molecule has 0 radical (unpaired) electrons. The molecule has 0 N–H and O–H groups in total. The molecule has 6 heteroatoms. The molecule has 1 heterocycles. The first-order valence-corrected chi connectivity index (χ1v) is 18.0. The van der Waals surface area contributed by atoms with Gasteiger partial charge < -0.3 is 24.8 Å². The zero-order valence-electron chi connectivity index (χ0n) is 17.6. The van der Waals surface area contributed by atoms with Crippen molar-refractivity contribution in [1.29, 1.82) is 0 Å². The van der Waals surface area contributed by atoms with E-state index in [0.29, 0.717) is 6.69 Å². The summed E-state index contributed by atoms with van der Waals surface area (Å²) in [5.41, 5.74) is 7.12. The monoisotopic (exact) mass is 486 g/mol. The van der Waals surface area contributed by atoms with Crippen LogP contribution in [0.15, 0.2) is 46.6 Å². The Kier molecular flexibility index (Phi) is 6.37. The number of hydrogen-bond acceptors (Lipinski definition) is 1. The predicted molar refractivity (Wildman–Crippen MR) is 111 cm³/mol. The summed E-state index contributed by atoms with van der Waals surface area (Å²) in [5.74, 6) is 0. The number of hydrogen-bond donors (Lipinski definition) is 0. The molecule has 4 aliphatic carbocycles. The summed E-state index contributed by atoms with van der Waals surface area (Å²) in [4.78, 5) is 0. The minimum atomic E-state index is -1.79. The normalized spacial score (nSPS) is 36.4. The fourth-order valence-electron chi connectivity index (χ4n) is 6.55. The molecule has 1 fully saturated rings. The van der Waals surface area contributed by atoms with Crippen molar-refractivity contribution in [3.63, 3.8) is 0 Å². The average Bonchev–Trinajstić information content (AvgIpc) is 3.15. The standard InChI is InChI=1S/C22H32OSi2.2ClH.Ti/c1-24(2,21-15-13-17-9-5-7-11-19(17)21)23-25(3,4)22-16-14-18-10-6-8-12-20(18)22;;;/h13-16H,5-12H2,1-4H3;2*1H;/q;;;+2/p-2. The summed E-state index contributed by atoms with van der Waals surface area (Å²) in [7, 11) is -3.57. The van der Waals surface area contributed by atoms with E-state index < -0.39 is 16.6 Å². The second kappa shape index (κ2) is 7.65. The molecule has 5 aliphatic rings. The quantitative estimate of drug-likeness (QED) is 0.460. The maximum absolute atomic E-state index is 7.37. The molecule has 0 bridgehead atoms. The molecule has 2 unspecified atom stereocenters. The van der Waals surface area contributed by atoms with Crippen LogP contribution in [0.3, 0.4) is 0 Å². The third kappa shape index (κ3) is 2.98. The van der Waals surface area contributed by atoms with Gasteiger partial charge in [0.25, 0.3) is 0 Å². The van der Waals surface area contributed by atoms with Crippen molar-refractivity contribution >= 4 is 16.6 Å². The molecule has 0 aromatic rings. The molecular formula is C22H32Cl2OSi2Ti. The Hall–Kier alpha value is 0.648. The molecular weight excluding hydrogens is 455 g/mol. The molecule has 152 valence electrons. The molecule has 1 aliphatic heterocycles. The van der Waals surface area contributed by atoms with Crippen LogP contribution in [-0.4, -0.2) is 16.6 Å². The number of rotatable bonds is 0. The van der Waals surface area contributed by atoms with Crippen molar-refractivity contribution in [2.45, 2.75) is 84.2 Å². The summed E-state index contributed by atoms with van der Waals surface area (Å²) >= 11 is -0.212. The Morgan fingerprint density at radius 2 is 1.11 bits per heavy atom.